The van der Waals surface area contributed by atoms with Crippen molar-refractivity contribution in [2.45, 2.75) is 44.2 Å². The number of carbonyl (C=O) groups excluding carboxylic acids is 2. The zero-order valence-electron chi connectivity index (χ0n) is 23.3. The third-order valence-corrected chi connectivity index (χ3v) is 7.62. The standard InChI is InChI=1S/C30H40ClN3O6/c1-32-24(14-20-6-4-11-38-19-20)18-34-29(35)26-16-22(17-27-25(26)9-5-12-39-27)28(21-7-3-8-23(31)15-21)40-13-10-33-30(36)37-2/h3,7-8,15-17,20,24,28,32H,4-6,9-14,18-19H2,1-2H3,(H,33,36)(H,34,35). The number of halogens is 1. The normalized spacial score (nSPS) is 18.1. The maximum Gasteiger partial charge on any atom is 0.406 e. The lowest BCUT2D eigenvalue weighted by Crippen LogP contribution is -2.41. The fourth-order valence-electron chi connectivity index (χ4n) is 5.31. The molecule has 2 aromatic rings. The summed E-state index contributed by atoms with van der Waals surface area (Å²) in [6.45, 7) is 3.20. The second kappa shape index (κ2) is 15.2. The minimum absolute atomic E-state index is 0.138. The SMILES string of the molecule is CNC(CNC(=O)c1cc(C(OCCNC(=O)OC)c2cccc(Cl)c2)cc2c1CCCO2)CC1CCCOC1. The number of methoxy groups -OCH3 is 1. The summed E-state index contributed by atoms with van der Waals surface area (Å²) in [5, 5.41) is 9.71. The molecule has 9 nitrogen and oxygen atoms in total. The Kier molecular flexibility index (Phi) is 11.5. The van der Waals surface area contributed by atoms with E-state index in [0.717, 1.165) is 62.0 Å². The van der Waals surface area contributed by atoms with Crippen LogP contribution in [0.4, 0.5) is 4.79 Å². The first-order valence-electron chi connectivity index (χ1n) is 14.0. The monoisotopic (exact) mass is 573 g/mol. The van der Waals surface area contributed by atoms with E-state index in [1.165, 1.54) is 7.11 Å². The molecule has 0 bridgehead atoms. The molecule has 3 N–H and O–H groups in total. The van der Waals surface area contributed by atoms with Gasteiger partial charge in [-0.2, -0.15) is 0 Å². The van der Waals surface area contributed by atoms with Crippen molar-refractivity contribution in [3.63, 3.8) is 0 Å². The van der Waals surface area contributed by atoms with Crippen LogP contribution in [0.25, 0.3) is 0 Å². The summed E-state index contributed by atoms with van der Waals surface area (Å²) < 4.78 is 22.6. The molecular weight excluding hydrogens is 534 g/mol. The Morgan fingerprint density at radius 3 is 2.75 bits per heavy atom. The molecule has 40 heavy (non-hydrogen) atoms. The highest BCUT2D eigenvalue weighted by atomic mass is 35.5. The molecule has 1 saturated heterocycles. The molecule has 10 heteroatoms. The summed E-state index contributed by atoms with van der Waals surface area (Å²) in [4.78, 5) is 25.1. The van der Waals surface area contributed by atoms with Crippen LogP contribution in [0.3, 0.4) is 0 Å². The minimum Gasteiger partial charge on any atom is -0.493 e. The predicted molar refractivity (Wildman–Crippen MR) is 153 cm³/mol. The number of hydrogen-bond acceptors (Lipinski definition) is 7. The van der Waals surface area contributed by atoms with Crippen LogP contribution in [-0.2, 0) is 20.6 Å². The highest BCUT2D eigenvalue weighted by molar-refractivity contribution is 6.30. The average Bonchev–Trinajstić information content (AvgIpc) is 2.98. The molecule has 0 radical (unpaired) electrons. The predicted octanol–water partition coefficient (Wildman–Crippen LogP) is 4.26. The van der Waals surface area contributed by atoms with Gasteiger partial charge >= 0.3 is 6.09 Å². The Labute approximate surface area is 241 Å². The smallest absolute Gasteiger partial charge is 0.406 e. The van der Waals surface area contributed by atoms with E-state index in [1.807, 2.05) is 37.4 Å². The van der Waals surface area contributed by atoms with Gasteiger partial charge in [0.25, 0.3) is 5.91 Å². The Hall–Kier alpha value is -2.85. The van der Waals surface area contributed by atoms with Crippen LogP contribution in [0, 0.1) is 5.92 Å². The molecule has 218 valence electrons. The van der Waals surface area contributed by atoms with E-state index in [0.29, 0.717) is 35.4 Å². The van der Waals surface area contributed by atoms with Crippen molar-refractivity contribution in [3.05, 3.63) is 63.7 Å². The van der Waals surface area contributed by atoms with Gasteiger partial charge in [-0.1, -0.05) is 23.7 Å². The van der Waals surface area contributed by atoms with E-state index in [-0.39, 0.29) is 25.1 Å². The van der Waals surface area contributed by atoms with E-state index in [2.05, 4.69) is 20.7 Å². The van der Waals surface area contributed by atoms with Gasteiger partial charge < -0.3 is 34.9 Å². The first-order valence-corrected chi connectivity index (χ1v) is 14.4. The van der Waals surface area contributed by atoms with Gasteiger partial charge in [-0.25, -0.2) is 4.79 Å². The lowest BCUT2D eigenvalue weighted by Gasteiger charge is -2.27. The van der Waals surface area contributed by atoms with Crippen molar-refractivity contribution < 1.29 is 28.5 Å². The van der Waals surface area contributed by atoms with E-state index in [4.69, 9.17) is 25.8 Å². The molecule has 0 saturated carbocycles. The van der Waals surface area contributed by atoms with Crippen molar-refractivity contribution in [3.8, 4) is 5.75 Å². The van der Waals surface area contributed by atoms with Crippen LogP contribution in [0.2, 0.25) is 5.02 Å². The van der Waals surface area contributed by atoms with Gasteiger partial charge in [0.15, 0.2) is 0 Å². The summed E-state index contributed by atoms with van der Waals surface area (Å²) in [5.41, 5.74) is 3.10. The molecule has 0 aromatic heterocycles. The number of ether oxygens (including phenoxy) is 4. The number of amides is 2. The quantitative estimate of drug-likeness (QED) is 0.326. The van der Waals surface area contributed by atoms with E-state index in [9.17, 15) is 9.59 Å². The molecule has 4 rings (SSSR count). The van der Waals surface area contributed by atoms with Crippen LogP contribution >= 0.6 is 11.6 Å². The number of alkyl carbamates (subject to hydrolysis) is 1. The molecule has 0 spiro atoms. The van der Waals surface area contributed by atoms with Gasteiger partial charge in [-0.3, -0.25) is 4.79 Å². The summed E-state index contributed by atoms with van der Waals surface area (Å²) in [6, 6.07) is 11.4. The third-order valence-electron chi connectivity index (χ3n) is 7.39. The van der Waals surface area contributed by atoms with Gasteiger partial charge in [-0.15, -0.1) is 0 Å². The van der Waals surface area contributed by atoms with Crippen LogP contribution in [0.1, 0.15) is 58.8 Å². The summed E-state index contributed by atoms with van der Waals surface area (Å²) in [6.07, 6.45) is 3.74. The van der Waals surface area contributed by atoms with Gasteiger partial charge in [0.05, 0.1) is 20.3 Å². The van der Waals surface area contributed by atoms with Gasteiger partial charge in [0.1, 0.15) is 11.9 Å². The summed E-state index contributed by atoms with van der Waals surface area (Å²) in [7, 11) is 3.24. The van der Waals surface area contributed by atoms with Gasteiger partial charge in [0, 0.05) is 48.5 Å². The number of likely N-dealkylation sites (N-methyl/N-ethyl adjacent to an activating group) is 1. The van der Waals surface area contributed by atoms with Crippen LogP contribution < -0.4 is 20.7 Å². The number of nitrogens with one attached hydrogen (secondary N) is 3. The summed E-state index contributed by atoms with van der Waals surface area (Å²) >= 11 is 6.32. The fraction of sp³-hybridized carbons (Fsp3) is 0.533. The molecule has 1 fully saturated rings. The lowest BCUT2D eigenvalue weighted by atomic mass is 9.92. The zero-order chi connectivity index (χ0) is 28.3. The molecule has 2 aliphatic rings. The average molecular weight is 574 g/mol. The van der Waals surface area contributed by atoms with E-state index < -0.39 is 12.2 Å². The molecular formula is C30H40ClN3O6. The highest BCUT2D eigenvalue weighted by Gasteiger charge is 2.26. The number of fused-ring (bicyclic) bond motifs is 1. The topological polar surface area (TPSA) is 107 Å². The van der Waals surface area contributed by atoms with Crippen molar-refractivity contribution in [1.29, 1.82) is 0 Å². The molecule has 2 aromatic carbocycles. The van der Waals surface area contributed by atoms with Crippen molar-refractivity contribution in [1.82, 2.24) is 16.0 Å². The maximum absolute atomic E-state index is 13.6. The lowest BCUT2D eigenvalue weighted by molar-refractivity contribution is 0.0478. The number of benzene rings is 2. The second-order valence-electron chi connectivity index (χ2n) is 10.2. The Morgan fingerprint density at radius 2 is 2.00 bits per heavy atom. The molecule has 2 amide bonds. The molecule has 3 atom stereocenters. The maximum atomic E-state index is 13.6. The van der Waals surface area contributed by atoms with Crippen molar-refractivity contribution >= 4 is 23.6 Å². The first kappa shape index (κ1) is 30.1. The largest absolute Gasteiger partial charge is 0.493 e. The molecule has 2 heterocycles. The Balaban J connectivity index is 1.55. The van der Waals surface area contributed by atoms with Crippen LogP contribution in [0.15, 0.2) is 36.4 Å². The van der Waals surface area contributed by atoms with Crippen LogP contribution in [0.5, 0.6) is 5.75 Å². The second-order valence-corrected chi connectivity index (χ2v) is 10.7. The first-order chi connectivity index (χ1) is 19.5. The van der Waals surface area contributed by atoms with Crippen LogP contribution in [-0.4, -0.2) is 71.7 Å². The van der Waals surface area contributed by atoms with E-state index in [1.54, 1.807) is 6.07 Å². The number of carbonyl (C=O) groups is 2. The highest BCUT2D eigenvalue weighted by Crippen LogP contribution is 2.36. The summed E-state index contributed by atoms with van der Waals surface area (Å²) in [5.74, 6) is 1.06. The fourth-order valence-corrected chi connectivity index (χ4v) is 5.50. The Morgan fingerprint density at radius 1 is 1.12 bits per heavy atom. The number of hydrogen-bond donors (Lipinski definition) is 3. The van der Waals surface area contributed by atoms with Crippen molar-refractivity contribution in [2.75, 3.05) is 53.7 Å². The zero-order valence-corrected chi connectivity index (χ0v) is 24.1. The molecule has 2 aliphatic heterocycles. The Bertz CT molecular complexity index is 1140. The molecule has 0 aliphatic carbocycles. The van der Waals surface area contributed by atoms with Crippen molar-refractivity contribution in [2.24, 2.45) is 5.92 Å². The molecule has 3 unspecified atom stereocenters. The van der Waals surface area contributed by atoms with E-state index >= 15 is 0 Å². The van der Waals surface area contributed by atoms with Gasteiger partial charge in [0.2, 0.25) is 0 Å². The third kappa shape index (κ3) is 8.33. The number of rotatable bonds is 12. The minimum atomic E-state index is -0.531. The van der Waals surface area contributed by atoms with Gasteiger partial charge in [-0.05, 0) is 80.5 Å².